The van der Waals surface area contributed by atoms with Crippen LogP contribution in [0.15, 0.2) is 55.0 Å². The first-order valence-corrected chi connectivity index (χ1v) is 8.23. The summed E-state index contributed by atoms with van der Waals surface area (Å²) in [5.41, 5.74) is 1.49. The second-order valence-corrected chi connectivity index (χ2v) is 5.93. The maximum Gasteiger partial charge on any atom is 0.273 e. The van der Waals surface area contributed by atoms with Crippen LogP contribution in [0, 0.1) is 5.82 Å². The first kappa shape index (κ1) is 16.8. The molecule has 0 fully saturated rings. The van der Waals surface area contributed by atoms with Crippen molar-refractivity contribution in [1.82, 2.24) is 19.7 Å². The summed E-state index contributed by atoms with van der Waals surface area (Å²) in [7, 11) is 1.49. The molecule has 0 aliphatic heterocycles. The fraction of sp³-hybridized carbons (Fsp3) is 0.105. The van der Waals surface area contributed by atoms with Crippen molar-refractivity contribution in [2.45, 2.75) is 6.54 Å². The predicted octanol–water partition coefficient (Wildman–Crippen LogP) is 3.21. The van der Waals surface area contributed by atoms with Crippen molar-refractivity contribution < 1.29 is 13.9 Å². The van der Waals surface area contributed by atoms with E-state index in [1.54, 1.807) is 35.4 Å². The quantitative estimate of drug-likeness (QED) is 0.569. The maximum atomic E-state index is 14.0. The number of nitrogens with one attached hydrogen (secondary N) is 2. The summed E-state index contributed by atoms with van der Waals surface area (Å²) >= 11 is 0. The monoisotopic (exact) mass is 365 g/mol. The number of pyridine rings is 1. The van der Waals surface area contributed by atoms with Gasteiger partial charge < -0.3 is 15.0 Å². The van der Waals surface area contributed by atoms with Crippen molar-refractivity contribution in [2.75, 3.05) is 12.4 Å². The van der Waals surface area contributed by atoms with E-state index in [9.17, 15) is 9.18 Å². The van der Waals surface area contributed by atoms with Crippen LogP contribution < -0.4 is 10.1 Å². The number of carbonyl (C=O) groups excluding carboxylic acids is 1. The summed E-state index contributed by atoms with van der Waals surface area (Å²) in [6.07, 6.45) is 5.19. The normalized spacial score (nSPS) is 10.9. The van der Waals surface area contributed by atoms with E-state index in [1.165, 1.54) is 19.2 Å². The van der Waals surface area contributed by atoms with E-state index in [4.69, 9.17) is 4.74 Å². The Labute approximate surface area is 153 Å². The highest BCUT2D eigenvalue weighted by Crippen LogP contribution is 2.28. The standard InChI is InChI=1S/C19H16FN5O2/c1-27-16-3-2-14(20)18-13(16)10-15(22-18)19(26)23-17-6-9-25(24-17)11-12-4-7-21-8-5-12/h2-10,22H,11H2,1H3,(H,23,24,26). The second-order valence-electron chi connectivity index (χ2n) is 5.93. The number of aromatic nitrogens is 4. The molecule has 8 heteroatoms. The Morgan fingerprint density at radius 3 is 2.85 bits per heavy atom. The van der Waals surface area contributed by atoms with Crippen LogP contribution in [0.3, 0.4) is 0 Å². The molecule has 0 radical (unpaired) electrons. The van der Waals surface area contributed by atoms with Crippen molar-refractivity contribution in [3.63, 3.8) is 0 Å². The SMILES string of the molecule is COc1ccc(F)c2[nH]c(C(=O)Nc3ccn(Cc4ccncc4)n3)cc12. The Bertz CT molecular complexity index is 1100. The van der Waals surface area contributed by atoms with Gasteiger partial charge in [0.1, 0.15) is 17.3 Å². The van der Waals surface area contributed by atoms with Gasteiger partial charge in [0.05, 0.1) is 19.2 Å². The molecule has 1 amide bonds. The first-order valence-electron chi connectivity index (χ1n) is 8.23. The van der Waals surface area contributed by atoms with Gasteiger partial charge >= 0.3 is 0 Å². The lowest BCUT2D eigenvalue weighted by Gasteiger charge is -2.02. The Kier molecular flexibility index (Phi) is 4.29. The van der Waals surface area contributed by atoms with E-state index in [0.717, 1.165) is 5.56 Å². The van der Waals surface area contributed by atoms with E-state index in [-0.39, 0.29) is 11.2 Å². The van der Waals surface area contributed by atoms with Crippen molar-refractivity contribution in [2.24, 2.45) is 0 Å². The number of halogens is 1. The molecular formula is C19H16FN5O2. The topological polar surface area (TPSA) is 84.8 Å². The van der Waals surface area contributed by atoms with Crippen LogP contribution >= 0.6 is 0 Å². The number of aromatic amines is 1. The number of anilines is 1. The number of carbonyl (C=O) groups is 1. The summed E-state index contributed by atoms with van der Waals surface area (Å²) in [6, 6.07) is 9.86. The van der Waals surface area contributed by atoms with Crippen LogP contribution in [0.1, 0.15) is 16.1 Å². The minimum atomic E-state index is -0.452. The van der Waals surface area contributed by atoms with Gasteiger partial charge in [-0.05, 0) is 35.9 Å². The molecule has 3 heterocycles. The molecule has 27 heavy (non-hydrogen) atoms. The third-order valence-corrected chi connectivity index (χ3v) is 4.14. The Hall–Kier alpha value is -3.68. The van der Waals surface area contributed by atoms with Crippen LogP contribution in [0.5, 0.6) is 5.75 Å². The summed E-state index contributed by atoms with van der Waals surface area (Å²) in [5, 5.41) is 7.54. The molecule has 136 valence electrons. The molecule has 1 aromatic carbocycles. The largest absolute Gasteiger partial charge is 0.496 e. The minimum Gasteiger partial charge on any atom is -0.496 e. The number of nitrogens with zero attached hydrogens (tertiary/aromatic N) is 3. The van der Waals surface area contributed by atoms with Gasteiger partial charge in [-0.3, -0.25) is 14.5 Å². The lowest BCUT2D eigenvalue weighted by molar-refractivity contribution is 0.102. The Balaban J connectivity index is 1.53. The van der Waals surface area contributed by atoms with E-state index < -0.39 is 11.7 Å². The van der Waals surface area contributed by atoms with E-state index in [1.807, 2.05) is 12.1 Å². The molecule has 7 nitrogen and oxygen atoms in total. The van der Waals surface area contributed by atoms with Crippen molar-refractivity contribution in [1.29, 1.82) is 0 Å². The Morgan fingerprint density at radius 1 is 1.26 bits per heavy atom. The highest BCUT2D eigenvalue weighted by atomic mass is 19.1. The van der Waals surface area contributed by atoms with Crippen molar-refractivity contribution in [3.05, 3.63) is 72.1 Å². The molecule has 0 aliphatic rings. The van der Waals surface area contributed by atoms with E-state index >= 15 is 0 Å². The molecule has 0 saturated heterocycles. The van der Waals surface area contributed by atoms with Gasteiger partial charge in [-0.1, -0.05) is 0 Å². The Morgan fingerprint density at radius 2 is 2.07 bits per heavy atom. The molecule has 2 N–H and O–H groups in total. The van der Waals surface area contributed by atoms with Gasteiger partial charge in [-0.25, -0.2) is 4.39 Å². The number of benzene rings is 1. The summed E-state index contributed by atoms with van der Waals surface area (Å²) in [5.74, 6) is 0.0248. The van der Waals surface area contributed by atoms with Gasteiger partial charge in [-0.2, -0.15) is 5.10 Å². The zero-order chi connectivity index (χ0) is 18.8. The molecule has 4 aromatic rings. The average molecular weight is 365 g/mol. The fourth-order valence-corrected chi connectivity index (χ4v) is 2.83. The number of methoxy groups -OCH3 is 1. The average Bonchev–Trinajstić information content (AvgIpc) is 3.31. The third-order valence-electron chi connectivity index (χ3n) is 4.14. The number of fused-ring (bicyclic) bond motifs is 1. The van der Waals surface area contributed by atoms with Crippen LogP contribution in [0.2, 0.25) is 0 Å². The zero-order valence-electron chi connectivity index (χ0n) is 14.4. The number of ether oxygens (including phenoxy) is 1. The number of rotatable bonds is 5. The molecule has 0 unspecified atom stereocenters. The number of amides is 1. The number of H-pyrrole nitrogens is 1. The minimum absolute atomic E-state index is 0.220. The summed E-state index contributed by atoms with van der Waals surface area (Å²) < 4.78 is 20.9. The van der Waals surface area contributed by atoms with Crippen LogP contribution in [-0.2, 0) is 6.54 Å². The van der Waals surface area contributed by atoms with Crippen LogP contribution in [-0.4, -0.2) is 32.8 Å². The zero-order valence-corrected chi connectivity index (χ0v) is 14.4. The van der Waals surface area contributed by atoms with Gasteiger partial charge in [-0.15, -0.1) is 0 Å². The second kappa shape index (κ2) is 6.91. The lowest BCUT2D eigenvalue weighted by Crippen LogP contribution is -2.13. The van der Waals surface area contributed by atoms with Gasteiger partial charge in [0, 0.05) is 30.0 Å². The van der Waals surface area contributed by atoms with Crippen LogP contribution in [0.4, 0.5) is 10.2 Å². The van der Waals surface area contributed by atoms with Crippen molar-refractivity contribution in [3.8, 4) is 5.75 Å². The fourth-order valence-electron chi connectivity index (χ4n) is 2.83. The van der Waals surface area contributed by atoms with Gasteiger partial charge in [0.15, 0.2) is 5.82 Å². The molecule has 4 rings (SSSR count). The predicted molar refractivity (Wildman–Crippen MR) is 98.3 cm³/mol. The highest BCUT2D eigenvalue weighted by molar-refractivity contribution is 6.06. The molecule has 3 aromatic heterocycles. The molecule has 0 bridgehead atoms. The maximum absolute atomic E-state index is 14.0. The van der Waals surface area contributed by atoms with Crippen LogP contribution in [0.25, 0.3) is 10.9 Å². The first-order chi connectivity index (χ1) is 13.1. The lowest BCUT2D eigenvalue weighted by atomic mass is 10.2. The molecular weight excluding hydrogens is 349 g/mol. The molecule has 0 aliphatic carbocycles. The number of hydrogen-bond donors (Lipinski definition) is 2. The molecule has 0 spiro atoms. The molecule has 0 saturated carbocycles. The van der Waals surface area contributed by atoms with Crippen molar-refractivity contribution >= 4 is 22.6 Å². The highest BCUT2D eigenvalue weighted by Gasteiger charge is 2.16. The van der Waals surface area contributed by atoms with Gasteiger partial charge in [0.2, 0.25) is 0 Å². The van der Waals surface area contributed by atoms with E-state index in [0.29, 0.717) is 23.5 Å². The summed E-state index contributed by atoms with van der Waals surface area (Å²) in [4.78, 5) is 19.3. The van der Waals surface area contributed by atoms with E-state index in [2.05, 4.69) is 20.4 Å². The van der Waals surface area contributed by atoms with Gasteiger partial charge in [0.25, 0.3) is 5.91 Å². The molecule has 0 atom stereocenters. The third kappa shape index (κ3) is 3.37. The smallest absolute Gasteiger partial charge is 0.273 e. The summed E-state index contributed by atoms with van der Waals surface area (Å²) in [6.45, 7) is 0.563. The number of hydrogen-bond acceptors (Lipinski definition) is 4.